The van der Waals surface area contributed by atoms with E-state index in [1.165, 1.54) is 12.1 Å². The molecule has 0 aliphatic heterocycles. The van der Waals surface area contributed by atoms with E-state index < -0.39 is 5.82 Å². The normalized spacial score (nSPS) is 10.4. The fourth-order valence-electron chi connectivity index (χ4n) is 2.03. The molecule has 2 aromatic carbocycles. The first-order valence-corrected chi connectivity index (χ1v) is 7.52. The van der Waals surface area contributed by atoms with Gasteiger partial charge < -0.3 is 15.0 Å². The minimum absolute atomic E-state index is 0.265. The molecule has 4 nitrogen and oxygen atoms in total. The molecule has 0 saturated heterocycles. The van der Waals surface area contributed by atoms with Crippen molar-refractivity contribution < 1.29 is 13.9 Å². The molecule has 122 valence electrons. The molecule has 0 fully saturated rings. The third kappa shape index (κ3) is 5.23. The number of urea groups is 1. The summed E-state index contributed by atoms with van der Waals surface area (Å²) in [5, 5.41) is 3.11. The molecule has 2 aromatic rings. The van der Waals surface area contributed by atoms with Gasteiger partial charge in [0, 0.05) is 30.9 Å². The number of rotatable bonds is 6. The van der Waals surface area contributed by atoms with E-state index in [-0.39, 0.29) is 12.6 Å². The number of para-hydroxylation sites is 1. The zero-order valence-corrected chi connectivity index (χ0v) is 13.5. The van der Waals surface area contributed by atoms with E-state index >= 15 is 0 Å². The van der Waals surface area contributed by atoms with Gasteiger partial charge in [0.1, 0.15) is 5.82 Å². The number of anilines is 1. The van der Waals surface area contributed by atoms with E-state index in [0.29, 0.717) is 29.4 Å². The second-order valence-electron chi connectivity index (χ2n) is 4.95. The average molecular weight is 337 g/mol. The van der Waals surface area contributed by atoms with Crippen molar-refractivity contribution in [3.8, 4) is 0 Å². The van der Waals surface area contributed by atoms with E-state index in [2.05, 4.69) is 5.32 Å². The number of hydrogen-bond donors (Lipinski definition) is 1. The molecule has 1 N–H and O–H groups in total. The highest BCUT2D eigenvalue weighted by Crippen LogP contribution is 2.19. The Balaban J connectivity index is 2.10. The van der Waals surface area contributed by atoms with Gasteiger partial charge in [-0.05, 0) is 29.8 Å². The molecule has 2 rings (SSSR count). The van der Waals surface area contributed by atoms with Gasteiger partial charge in [-0.1, -0.05) is 35.9 Å². The molecule has 0 atom stereocenters. The van der Waals surface area contributed by atoms with Gasteiger partial charge in [-0.25, -0.2) is 9.18 Å². The summed E-state index contributed by atoms with van der Waals surface area (Å²) in [7, 11) is 1.57. The van der Waals surface area contributed by atoms with Gasteiger partial charge in [-0.2, -0.15) is 0 Å². The topological polar surface area (TPSA) is 41.6 Å². The summed E-state index contributed by atoms with van der Waals surface area (Å²) >= 11 is 6.04. The monoisotopic (exact) mass is 336 g/mol. The van der Waals surface area contributed by atoms with E-state index in [1.54, 1.807) is 30.2 Å². The van der Waals surface area contributed by atoms with Gasteiger partial charge in [0.25, 0.3) is 0 Å². The maximum Gasteiger partial charge on any atom is 0.322 e. The van der Waals surface area contributed by atoms with Crippen LogP contribution < -0.4 is 5.32 Å². The molecule has 0 radical (unpaired) electrons. The Morgan fingerprint density at radius 2 is 2.00 bits per heavy atom. The van der Waals surface area contributed by atoms with Crippen LogP contribution in [-0.4, -0.2) is 31.2 Å². The Bertz CT molecular complexity index is 652. The Labute approximate surface area is 139 Å². The van der Waals surface area contributed by atoms with Crippen LogP contribution in [0.25, 0.3) is 0 Å². The Kier molecular flexibility index (Phi) is 6.38. The van der Waals surface area contributed by atoms with Crippen molar-refractivity contribution in [2.75, 3.05) is 25.6 Å². The number of nitrogens with zero attached hydrogens (tertiary/aromatic N) is 1. The predicted octanol–water partition coefficient (Wildman–Crippen LogP) is 4.16. The van der Waals surface area contributed by atoms with Crippen LogP contribution in [0.3, 0.4) is 0 Å². The van der Waals surface area contributed by atoms with Crippen molar-refractivity contribution in [3.05, 3.63) is 64.9 Å². The summed E-state index contributed by atoms with van der Waals surface area (Å²) < 4.78 is 18.2. The van der Waals surface area contributed by atoms with Crippen LogP contribution in [0, 0.1) is 5.82 Å². The van der Waals surface area contributed by atoms with Gasteiger partial charge >= 0.3 is 6.03 Å². The first kappa shape index (κ1) is 17.2. The first-order valence-electron chi connectivity index (χ1n) is 7.14. The third-order valence-corrected chi connectivity index (χ3v) is 3.61. The molecule has 6 heteroatoms. The van der Waals surface area contributed by atoms with Crippen molar-refractivity contribution in [2.24, 2.45) is 0 Å². The van der Waals surface area contributed by atoms with E-state index in [0.717, 1.165) is 0 Å². The Morgan fingerprint density at radius 3 is 2.65 bits per heavy atom. The predicted molar refractivity (Wildman–Crippen MR) is 89.2 cm³/mol. The van der Waals surface area contributed by atoms with Gasteiger partial charge in [0.05, 0.1) is 6.61 Å². The summed E-state index contributed by atoms with van der Waals surface area (Å²) in [6, 6.07) is 13.0. The van der Waals surface area contributed by atoms with E-state index in [4.69, 9.17) is 16.3 Å². The number of amides is 2. The molecular formula is C17H18ClFN2O2. The zero-order valence-electron chi connectivity index (χ0n) is 12.8. The molecule has 0 aliphatic carbocycles. The number of halogens is 2. The number of carbonyl (C=O) groups is 1. The van der Waals surface area contributed by atoms with Crippen LogP contribution in [0.4, 0.5) is 14.9 Å². The minimum Gasteiger partial charge on any atom is -0.383 e. The summed E-state index contributed by atoms with van der Waals surface area (Å²) in [6.07, 6.45) is 0. The lowest BCUT2D eigenvalue weighted by molar-refractivity contribution is 0.153. The van der Waals surface area contributed by atoms with Crippen LogP contribution >= 0.6 is 11.6 Å². The average Bonchev–Trinajstić information content (AvgIpc) is 2.54. The summed E-state index contributed by atoms with van der Waals surface area (Å²) in [4.78, 5) is 14.0. The Hall–Kier alpha value is -2.11. The SMILES string of the molecule is COCCN(Cc1ccc(F)cc1Cl)C(=O)Nc1ccccc1. The molecule has 0 spiro atoms. The summed E-state index contributed by atoms with van der Waals surface area (Å²) in [6.45, 7) is 1.05. The quantitative estimate of drug-likeness (QED) is 0.860. The van der Waals surface area contributed by atoms with Crippen molar-refractivity contribution >= 4 is 23.3 Å². The number of benzene rings is 2. The second kappa shape index (κ2) is 8.50. The lowest BCUT2D eigenvalue weighted by Gasteiger charge is -2.23. The number of nitrogens with one attached hydrogen (secondary N) is 1. The van der Waals surface area contributed by atoms with E-state index in [1.807, 2.05) is 18.2 Å². The highest BCUT2D eigenvalue weighted by Gasteiger charge is 2.15. The largest absolute Gasteiger partial charge is 0.383 e. The molecule has 0 aliphatic rings. The molecule has 0 aromatic heterocycles. The summed E-state index contributed by atoms with van der Waals surface area (Å²) in [5.41, 5.74) is 1.37. The lowest BCUT2D eigenvalue weighted by Crippen LogP contribution is -2.36. The molecule has 0 heterocycles. The van der Waals surface area contributed by atoms with Gasteiger partial charge in [0.2, 0.25) is 0 Å². The molecule has 0 saturated carbocycles. The molecule has 0 bridgehead atoms. The smallest absolute Gasteiger partial charge is 0.322 e. The van der Waals surface area contributed by atoms with Crippen LogP contribution in [0.15, 0.2) is 48.5 Å². The summed E-state index contributed by atoms with van der Waals surface area (Å²) in [5.74, 6) is -0.407. The van der Waals surface area contributed by atoms with Crippen molar-refractivity contribution in [1.29, 1.82) is 0 Å². The zero-order chi connectivity index (χ0) is 16.7. The molecular weight excluding hydrogens is 319 g/mol. The van der Waals surface area contributed by atoms with Crippen molar-refractivity contribution in [2.45, 2.75) is 6.54 Å². The molecule has 23 heavy (non-hydrogen) atoms. The minimum atomic E-state index is -0.407. The maximum absolute atomic E-state index is 13.1. The molecule has 0 unspecified atom stereocenters. The van der Waals surface area contributed by atoms with Crippen molar-refractivity contribution in [1.82, 2.24) is 4.90 Å². The van der Waals surface area contributed by atoms with Crippen LogP contribution in [-0.2, 0) is 11.3 Å². The number of methoxy groups -OCH3 is 1. The fourth-order valence-corrected chi connectivity index (χ4v) is 2.26. The number of carbonyl (C=O) groups excluding carboxylic acids is 1. The third-order valence-electron chi connectivity index (χ3n) is 3.25. The first-order chi connectivity index (χ1) is 11.1. The number of hydrogen-bond acceptors (Lipinski definition) is 2. The van der Waals surface area contributed by atoms with Crippen molar-refractivity contribution in [3.63, 3.8) is 0 Å². The van der Waals surface area contributed by atoms with Crippen LogP contribution in [0.5, 0.6) is 0 Å². The highest BCUT2D eigenvalue weighted by atomic mass is 35.5. The standard InChI is InChI=1S/C17H18ClFN2O2/c1-23-10-9-21(12-13-7-8-14(19)11-16(13)18)17(22)20-15-5-3-2-4-6-15/h2-8,11H,9-10,12H2,1H3,(H,20,22). The van der Waals surface area contributed by atoms with Gasteiger partial charge in [0.15, 0.2) is 0 Å². The van der Waals surface area contributed by atoms with Gasteiger partial charge in [-0.3, -0.25) is 0 Å². The molecule has 2 amide bonds. The van der Waals surface area contributed by atoms with Crippen LogP contribution in [0.2, 0.25) is 5.02 Å². The lowest BCUT2D eigenvalue weighted by atomic mass is 10.2. The fraction of sp³-hybridized carbons (Fsp3) is 0.235. The van der Waals surface area contributed by atoms with Gasteiger partial charge in [-0.15, -0.1) is 0 Å². The maximum atomic E-state index is 13.1. The second-order valence-corrected chi connectivity index (χ2v) is 5.35. The number of ether oxygens (including phenoxy) is 1. The highest BCUT2D eigenvalue weighted by molar-refractivity contribution is 6.31. The van der Waals surface area contributed by atoms with Crippen LogP contribution in [0.1, 0.15) is 5.56 Å². The Morgan fingerprint density at radius 1 is 1.26 bits per heavy atom. The van der Waals surface area contributed by atoms with E-state index in [9.17, 15) is 9.18 Å².